The zero-order chi connectivity index (χ0) is 22.2. The van der Waals surface area contributed by atoms with Gasteiger partial charge in [-0.15, -0.1) is 0 Å². The smallest absolute Gasteiger partial charge is 0.339 e. The van der Waals surface area contributed by atoms with Crippen molar-refractivity contribution in [3.8, 4) is 0 Å². The van der Waals surface area contributed by atoms with Gasteiger partial charge in [0.25, 0.3) is 0 Å². The van der Waals surface area contributed by atoms with Gasteiger partial charge in [0.1, 0.15) is 11.9 Å². The van der Waals surface area contributed by atoms with Gasteiger partial charge in [-0.25, -0.2) is 9.59 Å². The van der Waals surface area contributed by atoms with Crippen LogP contribution < -0.4 is 0 Å². The van der Waals surface area contributed by atoms with E-state index in [0.717, 1.165) is 11.6 Å². The van der Waals surface area contributed by atoms with E-state index in [1.54, 1.807) is 12.2 Å². The minimum absolute atomic E-state index is 0.00918. The number of aliphatic hydroxyl groups excluding tert-OH is 2. The third-order valence-electron chi connectivity index (χ3n) is 5.05. The lowest BCUT2D eigenvalue weighted by atomic mass is 9.90. The Hall–Kier alpha value is -3.16. The summed E-state index contributed by atoms with van der Waals surface area (Å²) in [6.07, 6.45) is 6.17. The van der Waals surface area contributed by atoms with E-state index in [0.29, 0.717) is 11.3 Å². The van der Waals surface area contributed by atoms with Crippen LogP contribution in [0.3, 0.4) is 0 Å². The van der Waals surface area contributed by atoms with Crippen molar-refractivity contribution in [3.63, 3.8) is 0 Å². The average molecular weight is 426 g/mol. The summed E-state index contributed by atoms with van der Waals surface area (Å²) in [6, 6.07) is 9.37. The lowest BCUT2D eigenvalue weighted by Crippen LogP contribution is -2.31. The van der Waals surface area contributed by atoms with Gasteiger partial charge in [0.2, 0.25) is 0 Å². The third-order valence-corrected chi connectivity index (χ3v) is 5.05. The van der Waals surface area contributed by atoms with Crippen molar-refractivity contribution in [2.75, 3.05) is 13.2 Å². The molecular formula is C24H26O7. The van der Waals surface area contributed by atoms with Gasteiger partial charge in [-0.1, -0.05) is 49.1 Å². The molecule has 4 atom stereocenters. The number of ether oxygens (including phenoxy) is 3. The molecule has 0 fully saturated rings. The van der Waals surface area contributed by atoms with Gasteiger partial charge in [-0.3, -0.25) is 0 Å². The molecule has 2 aliphatic rings. The zero-order valence-electron chi connectivity index (χ0n) is 17.1. The summed E-state index contributed by atoms with van der Waals surface area (Å²) in [6.45, 7) is 3.44. The molecule has 0 amide bonds. The predicted molar refractivity (Wildman–Crippen MR) is 113 cm³/mol. The van der Waals surface area contributed by atoms with Crippen LogP contribution in [0, 0.1) is 5.92 Å². The summed E-state index contributed by atoms with van der Waals surface area (Å²) in [5.74, 6) is -0.499. The molecule has 0 saturated carbocycles. The lowest BCUT2D eigenvalue weighted by molar-refractivity contribution is -0.142. The first-order valence-electron chi connectivity index (χ1n) is 10.1. The molecule has 0 radical (unpaired) electrons. The molecule has 0 aromatic heterocycles. The SMILES string of the molecule is C=CC(=O)OCCC(O)C(O)CCOC1=CC2OC(=O)C(c3ccccc3)=CC2C=C1. The highest BCUT2D eigenvalue weighted by Gasteiger charge is 2.31. The maximum absolute atomic E-state index is 12.4. The Labute approximate surface area is 180 Å². The van der Waals surface area contributed by atoms with E-state index in [-0.39, 0.29) is 37.9 Å². The van der Waals surface area contributed by atoms with Crippen molar-refractivity contribution < 1.29 is 34.0 Å². The topological polar surface area (TPSA) is 102 Å². The highest BCUT2D eigenvalue weighted by molar-refractivity contribution is 6.17. The van der Waals surface area contributed by atoms with Gasteiger partial charge in [0.15, 0.2) is 0 Å². The Morgan fingerprint density at radius 1 is 1.13 bits per heavy atom. The summed E-state index contributed by atoms with van der Waals surface area (Å²) in [4.78, 5) is 23.4. The minimum Gasteiger partial charge on any atom is -0.494 e. The molecule has 0 saturated heterocycles. The van der Waals surface area contributed by atoms with Gasteiger partial charge in [-0.2, -0.15) is 0 Å². The van der Waals surface area contributed by atoms with Crippen LogP contribution in [0.4, 0.5) is 0 Å². The molecule has 2 N–H and O–H groups in total. The molecule has 0 spiro atoms. The summed E-state index contributed by atoms with van der Waals surface area (Å²) >= 11 is 0. The van der Waals surface area contributed by atoms with E-state index in [1.165, 1.54) is 0 Å². The predicted octanol–water partition coefficient (Wildman–Crippen LogP) is 2.31. The summed E-state index contributed by atoms with van der Waals surface area (Å²) in [7, 11) is 0. The van der Waals surface area contributed by atoms with Crippen molar-refractivity contribution in [1.82, 2.24) is 0 Å². The normalized spacial score (nSPS) is 21.7. The van der Waals surface area contributed by atoms with Crippen LogP contribution in [0.5, 0.6) is 0 Å². The second-order valence-electron chi connectivity index (χ2n) is 7.25. The Kier molecular flexibility index (Phi) is 7.81. The first-order chi connectivity index (χ1) is 15.0. The van der Waals surface area contributed by atoms with Gasteiger partial charge in [0, 0.05) is 24.8 Å². The van der Waals surface area contributed by atoms with Crippen LogP contribution in [0.2, 0.25) is 0 Å². The standard InChI is InChI=1S/C24H26O7/c1-2-23(27)30-13-11-21(26)20(25)10-12-29-18-9-8-17-14-19(16-6-4-3-5-7-16)24(28)31-22(17)15-18/h2-9,14-15,17,20-22,25-26H,1,10-13H2. The van der Waals surface area contributed by atoms with E-state index < -0.39 is 24.3 Å². The van der Waals surface area contributed by atoms with Crippen molar-refractivity contribution >= 4 is 17.5 Å². The molecule has 1 aromatic rings. The first-order valence-corrected chi connectivity index (χ1v) is 10.1. The molecule has 1 aliphatic heterocycles. The third kappa shape index (κ3) is 6.16. The number of hydrogen-bond donors (Lipinski definition) is 2. The molecule has 7 nitrogen and oxygen atoms in total. The number of allylic oxidation sites excluding steroid dienone is 1. The number of hydrogen-bond acceptors (Lipinski definition) is 7. The Bertz CT molecular complexity index is 884. The molecule has 3 rings (SSSR count). The number of rotatable bonds is 10. The Balaban J connectivity index is 1.47. The number of fused-ring (bicyclic) bond motifs is 1. The number of aliphatic hydroxyl groups is 2. The summed E-state index contributed by atoms with van der Waals surface area (Å²) in [5.41, 5.74) is 1.36. The van der Waals surface area contributed by atoms with Crippen LogP contribution in [0.1, 0.15) is 18.4 Å². The van der Waals surface area contributed by atoms with Crippen LogP contribution in [-0.2, 0) is 23.8 Å². The largest absolute Gasteiger partial charge is 0.494 e. The second-order valence-corrected chi connectivity index (χ2v) is 7.25. The molecule has 4 unspecified atom stereocenters. The van der Waals surface area contributed by atoms with Gasteiger partial charge in [0.05, 0.1) is 31.0 Å². The Morgan fingerprint density at radius 3 is 2.55 bits per heavy atom. The highest BCUT2D eigenvalue weighted by atomic mass is 16.5. The maximum atomic E-state index is 12.4. The van der Waals surface area contributed by atoms with Crippen LogP contribution in [0.25, 0.3) is 5.57 Å². The minimum atomic E-state index is -1.04. The molecule has 7 heteroatoms. The maximum Gasteiger partial charge on any atom is 0.339 e. The molecule has 0 bridgehead atoms. The summed E-state index contributed by atoms with van der Waals surface area (Å²) < 4.78 is 16.0. The zero-order valence-corrected chi connectivity index (χ0v) is 17.1. The highest BCUT2D eigenvalue weighted by Crippen LogP contribution is 2.31. The number of carbonyl (C=O) groups is 2. The van der Waals surface area contributed by atoms with E-state index in [4.69, 9.17) is 14.2 Å². The van der Waals surface area contributed by atoms with Crippen LogP contribution >= 0.6 is 0 Å². The fourth-order valence-corrected chi connectivity index (χ4v) is 3.30. The summed E-state index contributed by atoms with van der Waals surface area (Å²) in [5, 5.41) is 20.0. The average Bonchev–Trinajstić information content (AvgIpc) is 2.78. The van der Waals surface area contributed by atoms with E-state index in [9.17, 15) is 19.8 Å². The Morgan fingerprint density at radius 2 is 1.84 bits per heavy atom. The van der Waals surface area contributed by atoms with Gasteiger partial charge >= 0.3 is 11.9 Å². The molecule has 1 heterocycles. The van der Waals surface area contributed by atoms with E-state index >= 15 is 0 Å². The molecule has 1 aliphatic carbocycles. The number of benzene rings is 1. The van der Waals surface area contributed by atoms with E-state index in [2.05, 4.69) is 6.58 Å². The van der Waals surface area contributed by atoms with Gasteiger partial charge < -0.3 is 24.4 Å². The lowest BCUT2D eigenvalue weighted by Gasteiger charge is -2.29. The fraction of sp³-hybridized carbons (Fsp3) is 0.333. The van der Waals surface area contributed by atoms with Gasteiger partial charge in [-0.05, 0) is 17.7 Å². The van der Waals surface area contributed by atoms with E-state index in [1.807, 2.05) is 42.5 Å². The van der Waals surface area contributed by atoms with Crippen LogP contribution in [0.15, 0.2) is 73.1 Å². The molecule has 164 valence electrons. The first kappa shape index (κ1) is 22.5. The number of carbonyl (C=O) groups excluding carboxylic acids is 2. The van der Waals surface area contributed by atoms with Crippen molar-refractivity contribution in [2.24, 2.45) is 5.92 Å². The van der Waals surface area contributed by atoms with Crippen LogP contribution in [-0.4, -0.2) is 53.7 Å². The monoisotopic (exact) mass is 426 g/mol. The van der Waals surface area contributed by atoms with Crippen molar-refractivity contribution in [1.29, 1.82) is 0 Å². The molecule has 31 heavy (non-hydrogen) atoms. The quantitative estimate of drug-likeness (QED) is 0.437. The van der Waals surface area contributed by atoms with Crippen molar-refractivity contribution in [3.05, 3.63) is 78.6 Å². The number of esters is 2. The molecule has 1 aromatic carbocycles. The fourth-order valence-electron chi connectivity index (χ4n) is 3.30. The van der Waals surface area contributed by atoms with Crippen molar-refractivity contribution in [2.45, 2.75) is 31.2 Å². The second kappa shape index (κ2) is 10.7. The molecular weight excluding hydrogens is 400 g/mol.